The van der Waals surface area contributed by atoms with E-state index in [-0.39, 0.29) is 5.69 Å². The Morgan fingerprint density at radius 2 is 1.96 bits per heavy atom. The van der Waals surface area contributed by atoms with Crippen LogP contribution in [-0.2, 0) is 19.8 Å². The number of alkyl halides is 3. The Morgan fingerprint density at radius 3 is 2.52 bits per heavy atom. The van der Waals surface area contributed by atoms with Gasteiger partial charge in [0, 0.05) is 58.2 Å². The molecule has 0 radical (unpaired) electrons. The minimum Gasteiger partial charge on any atom is -0.335 e. The van der Waals surface area contributed by atoms with E-state index in [1.807, 2.05) is 12.1 Å². The van der Waals surface area contributed by atoms with Gasteiger partial charge in [-0.2, -0.15) is 18.3 Å². The highest BCUT2D eigenvalue weighted by atomic mass is 19.4. The zero-order valence-electron chi connectivity index (χ0n) is 13.7. The van der Waals surface area contributed by atoms with Crippen molar-refractivity contribution in [3.05, 3.63) is 47.5 Å². The Bertz CT molecular complexity index is 736. The second kappa shape index (κ2) is 6.83. The molecule has 0 unspecified atom stereocenters. The standard InChI is InChI=1S/C16H18F3N5O/c1-22-13(9-14(21-22)16(17,18)19)15(25)24-7-5-23(6-8-24)11-12-3-2-4-20-10-12/h2-4,9-10H,5-8,11H2,1H3. The number of carbonyl (C=O) groups is 1. The average Bonchev–Trinajstić information content (AvgIpc) is 2.98. The van der Waals surface area contributed by atoms with Crippen molar-refractivity contribution in [2.24, 2.45) is 7.05 Å². The largest absolute Gasteiger partial charge is 0.435 e. The van der Waals surface area contributed by atoms with Gasteiger partial charge in [0.05, 0.1) is 0 Å². The van der Waals surface area contributed by atoms with Crippen LogP contribution in [0.3, 0.4) is 0 Å². The molecule has 134 valence electrons. The number of hydrogen-bond donors (Lipinski definition) is 0. The topological polar surface area (TPSA) is 54.3 Å². The van der Waals surface area contributed by atoms with Crippen molar-refractivity contribution in [2.45, 2.75) is 12.7 Å². The van der Waals surface area contributed by atoms with Gasteiger partial charge in [-0.3, -0.25) is 19.4 Å². The maximum absolute atomic E-state index is 12.7. The Kier molecular flexibility index (Phi) is 4.76. The molecule has 0 aromatic carbocycles. The van der Waals surface area contributed by atoms with Crippen molar-refractivity contribution in [3.63, 3.8) is 0 Å². The van der Waals surface area contributed by atoms with E-state index in [9.17, 15) is 18.0 Å². The van der Waals surface area contributed by atoms with Crippen LogP contribution >= 0.6 is 0 Å². The van der Waals surface area contributed by atoms with Gasteiger partial charge < -0.3 is 4.90 Å². The van der Waals surface area contributed by atoms with Crippen molar-refractivity contribution in [1.29, 1.82) is 0 Å². The summed E-state index contributed by atoms with van der Waals surface area (Å²) in [6.45, 7) is 2.98. The molecular formula is C16H18F3N5O. The minimum atomic E-state index is -4.56. The maximum atomic E-state index is 12.7. The molecule has 1 fully saturated rings. The fourth-order valence-corrected chi connectivity index (χ4v) is 2.83. The van der Waals surface area contributed by atoms with Crippen LogP contribution in [0.5, 0.6) is 0 Å². The third kappa shape index (κ3) is 3.98. The number of amides is 1. The highest BCUT2D eigenvalue weighted by molar-refractivity contribution is 5.92. The first kappa shape index (κ1) is 17.4. The molecule has 2 aromatic rings. The van der Waals surface area contributed by atoms with Crippen molar-refractivity contribution >= 4 is 5.91 Å². The quantitative estimate of drug-likeness (QED) is 0.844. The van der Waals surface area contributed by atoms with Gasteiger partial charge in [-0.1, -0.05) is 6.07 Å². The van der Waals surface area contributed by atoms with E-state index in [2.05, 4.69) is 15.0 Å². The number of carbonyl (C=O) groups excluding carboxylic acids is 1. The first-order valence-electron chi connectivity index (χ1n) is 7.86. The molecule has 0 spiro atoms. The van der Waals surface area contributed by atoms with Gasteiger partial charge in [0.15, 0.2) is 5.69 Å². The van der Waals surface area contributed by atoms with Gasteiger partial charge in [0.1, 0.15) is 5.69 Å². The number of aryl methyl sites for hydroxylation is 1. The molecule has 6 nitrogen and oxygen atoms in total. The number of pyridine rings is 1. The molecule has 9 heteroatoms. The summed E-state index contributed by atoms with van der Waals surface area (Å²) in [5, 5.41) is 3.40. The van der Waals surface area contributed by atoms with Gasteiger partial charge in [-0.05, 0) is 11.6 Å². The summed E-state index contributed by atoms with van der Waals surface area (Å²) in [4.78, 5) is 20.3. The molecule has 3 heterocycles. The van der Waals surface area contributed by atoms with E-state index < -0.39 is 17.8 Å². The van der Waals surface area contributed by atoms with Gasteiger partial charge in [-0.15, -0.1) is 0 Å². The van der Waals surface area contributed by atoms with E-state index in [1.54, 1.807) is 17.3 Å². The maximum Gasteiger partial charge on any atom is 0.435 e. The summed E-state index contributed by atoms with van der Waals surface area (Å²) in [5.74, 6) is -0.425. The number of aromatic nitrogens is 3. The molecule has 0 saturated carbocycles. The van der Waals surface area contributed by atoms with E-state index in [4.69, 9.17) is 0 Å². The Hall–Kier alpha value is -2.42. The lowest BCUT2D eigenvalue weighted by Gasteiger charge is -2.34. The molecule has 0 N–H and O–H groups in total. The van der Waals surface area contributed by atoms with Crippen molar-refractivity contribution < 1.29 is 18.0 Å². The summed E-state index contributed by atoms with van der Waals surface area (Å²) >= 11 is 0. The summed E-state index contributed by atoms with van der Waals surface area (Å²) < 4.78 is 39.2. The lowest BCUT2D eigenvalue weighted by molar-refractivity contribution is -0.141. The monoisotopic (exact) mass is 353 g/mol. The van der Waals surface area contributed by atoms with Crippen molar-refractivity contribution in [3.8, 4) is 0 Å². The lowest BCUT2D eigenvalue weighted by Crippen LogP contribution is -2.48. The Labute approximate surface area is 142 Å². The van der Waals surface area contributed by atoms with E-state index in [0.717, 1.165) is 22.9 Å². The normalized spacial score (nSPS) is 16.2. The van der Waals surface area contributed by atoms with Crippen LogP contribution < -0.4 is 0 Å². The predicted molar refractivity (Wildman–Crippen MR) is 83.6 cm³/mol. The van der Waals surface area contributed by atoms with E-state index >= 15 is 0 Å². The molecule has 1 aliphatic heterocycles. The number of nitrogens with zero attached hydrogens (tertiary/aromatic N) is 5. The third-order valence-electron chi connectivity index (χ3n) is 4.18. The number of halogens is 3. The highest BCUT2D eigenvalue weighted by Gasteiger charge is 2.36. The van der Waals surface area contributed by atoms with Crippen LogP contribution in [-0.4, -0.2) is 56.7 Å². The molecule has 3 rings (SSSR count). The molecule has 25 heavy (non-hydrogen) atoms. The summed E-state index contributed by atoms with van der Waals surface area (Å²) in [5.41, 5.74) is -0.00896. The molecule has 0 bridgehead atoms. The third-order valence-corrected chi connectivity index (χ3v) is 4.18. The molecule has 0 atom stereocenters. The highest BCUT2D eigenvalue weighted by Crippen LogP contribution is 2.28. The van der Waals surface area contributed by atoms with Crippen molar-refractivity contribution in [2.75, 3.05) is 26.2 Å². The summed E-state index contributed by atoms with van der Waals surface area (Å²) in [6, 6.07) is 4.67. The first-order valence-corrected chi connectivity index (χ1v) is 7.86. The predicted octanol–water partition coefficient (Wildman–Crippen LogP) is 1.79. The van der Waals surface area contributed by atoms with Crippen LogP contribution in [0.1, 0.15) is 21.7 Å². The van der Waals surface area contributed by atoms with Gasteiger partial charge in [-0.25, -0.2) is 0 Å². The van der Waals surface area contributed by atoms with Gasteiger partial charge >= 0.3 is 6.18 Å². The second-order valence-electron chi connectivity index (χ2n) is 5.97. The molecule has 1 aliphatic rings. The molecule has 0 aliphatic carbocycles. The average molecular weight is 353 g/mol. The van der Waals surface area contributed by atoms with Crippen LogP contribution in [0, 0.1) is 0 Å². The fourth-order valence-electron chi connectivity index (χ4n) is 2.83. The smallest absolute Gasteiger partial charge is 0.335 e. The molecule has 1 amide bonds. The Morgan fingerprint density at radius 1 is 1.24 bits per heavy atom. The number of hydrogen-bond acceptors (Lipinski definition) is 4. The molecular weight excluding hydrogens is 335 g/mol. The second-order valence-corrected chi connectivity index (χ2v) is 5.97. The number of piperazine rings is 1. The van der Waals surface area contributed by atoms with E-state index in [0.29, 0.717) is 26.2 Å². The summed E-state index contributed by atoms with van der Waals surface area (Å²) in [6.07, 6.45) is -1.05. The van der Waals surface area contributed by atoms with Crippen LogP contribution in [0.15, 0.2) is 30.6 Å². The zero-order valence-corrected chi connectivity index (χ0v) is 13.7. The van der Waals surface area contributed by atoms with Gasteiger partial charge in [0.25, 0.3) is 5.91 Å². The molecule has 1 saturated heterocycles. The fraction of sp³-hybridized carbons (Fsp3) is 0.438. The first-order chi connectivity index (χ1) is 11.8. The van der Waals surface area contributed by atoms with Crippen LogP contribution in [0.25, 0.3) is 0 Å². The van der Waals surface area contributed by atoms with Gasteiger partial charge in [0.2, 0.25) is 0 Å². The summed E-state index contributed by atoms with van der Waals surface area (Å²) in [7, 11) is 1.35. The Balaban J connectivity index is 1.61. The zero-order chi connectivity index (χ0) is 18.0. The van der Waals surface area contributed by atoms with Crippen LogP contribution in [0.2, 0.25) is 0 Å². The SMILES string of the molecule is Cn1nc(C(F)(F)F)cc1C(=O)N1CCN(Cc2cccnc2)CC1. The molecule has 2 aromatic heterocycles. The minimum absolute atomic E-state index is 0.0481. The van der Waals surface area contributed by atoms with E-state index in [1.165, 1.54) is 7.05 Å². The number of rotatable bonds is 3. The van der Waals surface area contributed by atoms with Crippen LogP contribution in [0.4, 0.5) is 13.2 Å². The lowest BCUT2D eigenvalue weighted by atomic mass is 10.2. The van der Waals surface area contributed by atoms with Crippen molar-refractivity contribution in [1.82, 2.24) is 24.6 Å².